The first-order chi connectivity index (χ1) is 15.0. The molecule has 0 saturated carbocycles. The van der Waals surface area contributed by atoms with Crippen LogP contribution < -0.4 is 20.8 Å². The van der Waals surface area contributed by atoms with Crippen LogP contribution in [-0.4, -0.2) is 37.1 Å². The van der Waals surface area contributed by atoms with E-state index in [0.717, 1.165) is 19.3 Å². The molecule has 0 fully saturated rings. The lowest BCUT2D eigenvalue weighted by molar-refractivity contribution is -0.139. The molecule has 8 nitrogen and oxygen atoms in total. The van der Waals surface area contributed by atoms with Crippen molar-refractivity contribution in [2.24, 2.45) is 5.10 Å². The molecule has 3 amide bonds. The van der Waals surface area contributed by atoms with Crippen molar-refractivity contribution in [2.45, 2.75) is 33.1 Å². The average Bonchev–Trinajstić information content (AvgIpc) is 2.79. The summed E-state index contributed by atoms with van der Waals surface area (Å²) in [4.78, 5) is 35.5. The van der Waals surface area contributed by atoms with Gasteiger partial charge in [-0.25, -0.2) is 5.43 Å². The molecule has 2 aromatic carbocycles. The van der Waals surface area contributed by atoms with E-state index in [0.29, 0.717) is 23.5 Å². The maximum atomic E-state index is 12.2. The van der Waals surface area contributed by atoms with Gasteiger partial charge in [0.05, 0.1) is 6.21 Å². The second-order valence-corrected chi connectivity index (χ2v) is 6.73. The van der Waals surface area contributed by atoms with Crippen molar-refractivity contribution < 1.29 is 19.1 Å². The van der Waals surface area contributed by atoms with Crippen LogP contribution in [0.4, 0.5) is 5.69 Å². The van der Waals surface area contributed by atoms with Crippen LogP contribution in [0.5, 0.6) is 5.75 Å². The highest BCUT2D eigenvalue weighted by molar-refractivity contribution is 6.35. The fourth-order valence-corrected chi connectivity index (χ4v) is 2.55. The fraction of sp³-hybridized carbons (Fsp3) is 0.304. The Morgan fingerprint density at radius 3 is 2.45 bits per heavy atom. The van der Waals surface area contributed by atoms with Crippen LogP contribution in [-0.2, 0) is 20.8 Å². The van der Waals surface area contributed by atoms with Gasteiger partial charge < -0.3 is 15.4 Å². The van der Waals surface area contributed by atoms with E-state index in [4.69, 9.17) is 4.74 Å². The van der Waals surface area contributed by atoms with Gasteiger partial charge in [0.2, 0.25) is 0 Å². The van der Waals surface area contributed by atoms with E-state index < -0.39 is 11.8 Å². The second kappa shape index (κ2) is 12.8. The minimum atomic E-state index is -0.848. The summed E-state index contributed by atoms with van der Waals surface area (Å²) in [7, 11) is 0. The number of anilines is 1. The van der Waals surface area contributed by atoms with Crippen LogP contribution in [0, 0.1) is 0 Å². The molecular weight excluding hydrogens is 396 g/mol. The highest BCUT2D eigenvalue weighted by Gasteiger charge is 2.11. The van der Waals surface area contributed by atoms with Gasteiger partial charge >= 0.3 is 11.8 Å². The van der Waals surface area contributed by atoms with Crippen molar-refractivity contribution in [3.63, 3.8) is 0 Å². The lowest BCUT2D eigenvalue weighted by Gasteiger charge is -2.10. The van der Waals surface area contributed by atoms with Crippen LogP contribution in [0.15, 0.2) is 53.6 Å². The molecule has 0 unspecified atom stereocenters. The van der Waals surface area contributed by atoms with Crippen molar-refractivity contribution in [2.75, 3.05) is 18.5 Å². The molecule has 0 spiro atoms. The number of amides is 3. The molecule has 0 aliphatic carbocycles. The van der Waals surface area contributed by atoms with Crippen LogP contribution >= 0.6 is 0 Å². The van der Waals surface area contributed by atoms with Crippen LogP contribution in [0.1, 0.15) is 37.8 Å². The van der Waals surface area contributed by atoms with Gasteiger partial charge in [-0.1, -0.05) is 44.5 Å². The third kappa shape index (κ3) is 8.30. The van der Waals surface area contributed by atoms with Crippen LogP contribution in [0.2, 0.25) is 0 Å². The largest absolute Gasteiger partial charge is 0.483 e. The molecule has 3 N–H and O–H groups in total. The summed E-state index contributed by atoms with van der Waals surface area (Å²) in [5.41, 5.74) is 4.61. The van der Waals surface area contributed by atoms with Crippen molar-refractivity contribution in [3.05, 3.63) is 59.7 Å². The van der Waals surface area contributed by atoms with Crippen LogP contribution in [0.3, 0.4) is 0 Å². The van der Waals surface area contributed by atoms with E-state index in [2.05, 4.69) is 28.1 Å². The summed E-state index contributed by atoms with van der Waals surface area (Å²) < 4.78 is 5.59. The highest BCUT2D eigenvalue weighted by Crippen LogP contribution is 2.16. The first-order valence-electron chi connectivity index (χ1n) is 10.2. The van der Waals surface area contributed by atoms with E-state index in [1.807, 2.05) is 31.2 Å². The number of carbonyl (C=O) groups is 3. The minimum absolute atomic E-state index is 0.188. The Balaban J connectivity index is 1.86. The summed E-state index contributed by atoms with van der Waals surface area (Å²) >= 11 is 0. The predicted molar refractivity (Wildman–Crippen MR) is 120 cm³/mol. The molecule has 0 heterocycles. The maximum absolute atomic E-state index is 12.2. The predicted octanol–water partition coefficient (Wildman–Crippen LogP) is 2.63. The molecule has 0 saturated heterocycles. The molecule has 0 aliphatic rings. The number of unbranched alkanes of at least 4 members (excludes halogenated alkanes) is 1. The van der Waals surface area contributed by atoms with Gasteiger partial charge in [-0.3, -0.25) is 14.4 Å². The van der Waals surface area contributed by atoms with Gasteiger partial charge in [0, 0.05) is 17.8 Å². The Morgan fingerprint density at radius 2 is 1.74 bits per heavy atom. The number of rotatable bonds is 10. The Labute approximate surface area is 182 Å². The highest BCUT2D eigenvalue weighted by atomic mass is 16.5. The van der Waals surface area contributed by atoms with E-state index in [1.165, 1.54) is 11.8 Å². The molecule has 0 radical (unpaired) electrons. The summed E-state index contributed by atoms with van der Waals surface area (Å²) in [5.74, 6) is -1.46. The smallest absolute Gasteiger partial charge is 0.329 e. The number of hydrazone groups is 1. The van der Waals surface area contributed by atoms with Gasteiger partial charge in [0.1, 0.15) is 5.75 Å². The molecular formula is C23H28N4O4. The molecule has 8 heteroatoms. The average molecular weight is 425 g/mol. The number of benzene rings is 2. The summed E-state index contributed by atoms with van der Waals surface area (Å²) in [6.45, 7) is 4.31. The third-order valence-corrected chi connectivity index (χ3v) is 4.32. The topological polar surface area (TPSA) is 109 Å². The van der Waals surface area contributed by atoms with E-state index in [1.54, 1.807) is 24.3 Å². The van der Waals surface area contributed by atoms with E-state index in [-0.39, 0.29) is 12.5 Å². The van der Waals surface area contributed by atoms with Crippen molar-refractivity contribution in [3.8, 4) is 5.75 Å². The standard InChI is InChI=1S/C23H28N4O4/c1-3-5-14-24-22(29)23(30)27-25-15-18-8-6-7-9-20(18)31-16-21(28)26-19-12-10-17(4-2)11-13-19/h6-13,15H,3-5,14,16H2,1-2H3,(H,24,29)(H,26,28)(H,27,30)/b25-15-. The normalized spacial score (nSPS) is 10.5. The molecule has 2 aromatic rings. The number of aryl methyl sites for hydroxylation is 1. The summed E-state index contributed by atoms with van der Waals surface area (Å²) in [6.07, 6.45) is 4.00. The number of nitrogens with zero attached hydrogens (tertiary/aromatic N) is 1. The number of para-hydroxylation sites is 1. The molecule has 164 valence electrons. The zero-order valence-electron chi connectivity index (χ0n) is 17.8. The first kappa shape index (κ1) is 23.6. The van der Waals surface area contributed by atoms with Gasteiger partial charge in [-0.2, -0.15) is 5.10 Å². The molecule has 0 aromatic heterocycles. The molecule has 2 rings (SSSR count). The second-order valence-electron chi connectivity index (χ2n) is 6.73. The quantitative estimate of drug-likeness (QED) is 0.236. The van der Waals surface area contributed by atoms with Gasteiger partial charge in [-0.05, 0) is 42.7 Å². The molecule has 0 aliphatic heterocycles. The van der Waals surface area contributed by atoms with Gasteiger partial charge in [0.25, 0.3) is 5.91 Å². The van der Waals surface area contributed by atoms with E-state index >= 15 is 0 Å². The van der Waals surface area contributed by atoms with Crippen LogP contribution in [0.25, 0.3) is 0 Å². The van der Waals surface area contributed by atoms with Crippen molar-refractivity contribution >= 4 is 29.6 Å². The van der Waals surface area contributed by atoms with Crippen molar-refractivity contribution in [1.29, 1.82) is 0 Å². The van der Waals surface area contributed by atoms with E-state index in [9.17, 15) is 14.4 Å². The van der Waals surface area contributed by atoms with Gasteiger partial charge in [0.15, 0.2) is 6.61 Å². The Kier molecular flexibility index (Phi) is 9.74. The number of ether oxygens (including phenoxy) is 1. The number of nitrogens with one attached hydrogen (secondary N) is 3. The van der Waals surface area contributed by atoms with Gasteiger partial charge in [-0.15, -0.1) is 0 Å². The minimum Gasteiger partial charge on any atom is -0.483 e. The Morgan fingerprint density at radius 1 is 1.00 bits per heavy atom. The maximum Gasteiger partial charge on any atom is 0.329 e. The SMILES string of the molecule is CCCCNC(=O)C(=O)N/N=C\c1ccccc1OCC(=O)Nc1ccc(CC)cc1. The Bertz CT molecular complexity index is 910. The zero-order chi connectivity index (χ0) is 22.5. The molecule has 0 atom stereocenters. The van der Waals surface area contributed by atoms with Crippen molar-refractivity contribution in [1.82, 2.24) is 10.7 Å². The molecule has 0 bridgehead atoms. The lowest BCUT2D eigenvalue weighted by Crippen LogP contribution is -2.38. The number of hydrogen-bond acceptors (Lipinski definition) is 5. The zero-order valence-corrected chi connectivity index (χ0v) is 17.8. The Hall–Kier alpha value is -3.68. The monoisotopic (exact) mass is 424 g/mol. The number of hydrogen-bond donors (Lipinski definition) is 3. The third-order valence-electron chi connectivity index (χ3n) is 4.32. The summed E-state index contributed by atoms with van der Waals surface area (Å²) in [6, 6.07) is 14.5. The fourth-order valence-electron chi connectivity index (χ4n) is 2.55. The summed E-state index contributed by atoms with van der Waals surface area (Å²) in [5, 5.41) is 9.08. The lowest BCUT2D eigenvalue weighted by atomic mass is 10.1. The first-order valence-corrected chi connectivity index (χ1v) is 10.2. The molecule has 31 heavy (non-hydrogen) atoms. The number of carbonyl (C=O) groups excluding carboxylic acids is 3.